The normalized spacial score (nSPS) is 15.1. The first-order valence-corrected chi connectivity index (χ1v) is 12.4. The van der Waals surface area contributed by atoms with Gasteiger partial charge in [-0.2, -0.15) is 5.10 Å². The molecule has 36 heavy (non-hydrogen) atoms. The predicted molar refractivity (Wildman–Crippen MR) is 143 cm³/mol. The minimum absolute atomic E-state index is 0.172. The molecule has 1 atom stereocenters. The fraction of sp³-hybridized carbons (Fsp3) is 0.250. The number of methoxy groups -OCH3 is 1. The van der Waals surface area contributed by atoms with Gasteiger partial charge in [0.25, 0.3) is 11.8 Å². The number of hydrogen-bond acceptors (Lipinski definition) is 4. The fourth-order valence-corrected chi connectivity index (χ4v) is 4.60. The molecule has 1 aliphatic rings. The van der Waals surface area contributed by atoms with Gasteiger partial charge in [0.15, 0.2) is 0 Å². The molecule has 8 heteroatoms. The number of hydrogen-bond donors (Lipinski definition) is 0. The van der Waals surface area contributed by atoms with Crippen LogP contribution in [-0.2, 0) is 9.53 Å². The molecule has 0 radical (unpaired) electrons. The molecule has 3 aromatic rings. The molecule has 2 amide bonds. The minimum Gasteiger partial charge on any atom is -0.383 e. The van der Waals surface area contributed by atoms with Crippen LogP contribution in [0.25, 0.3) is 0 Å². The summed E-state index contributed by atoms with van der Waals surface area (Å²) in [6.07, 6.45) is 0.509. The van der Waals surface area contributed by atoms with E-state index >= 15 is 0 Å². The van der Waals surface area contributed by atoms with Crippen molar-refractivity contribution < 1.29 is 14.3 Å². The summed E-state index contributed by atoms with van der Waals surface area (Å²) < 4.78 is 5.19. The summed E-state index contributed by atoms with van der Waals surface area (Å²) in [6.45, 7) is 2.35. The summed E-state index contributed by atoms with van der Waals surface area (Å²) in [4.78, 5) is 28.4. The van der Waals surface area contributed by atoms with Crippen LogP contribution < -0.4 is 0 Å². The van der Waals surface area contributed by atoms with Crippen LogP contribution in [0.2, 0.25) is 10.0 Å². The Morgan fingerprint density at radius 1 is 1.00 bits per heavy atom. The van der Waals surface area contributed by atoms with Gasteiger partial charge >= 0.3 is 0 Å². The van der Waals surface area contributed by atoms with Gasteiger partial charge in [-0.15, -0.1) is 0 Å². The molecular formula is C28H27Cl2N3O3. The molecule has 4 rings (SSSR count). The van der Waals surface area contributed by atoms with Gasteiger partial charge in [-0.3, -0.25) is 9.59 Å². The lowest BCUT2D eigenvalue weighted by Gasteiger charge is -2.27. The maximum absolute atomic E-state index is 13.7. The van der Waals surface area contributed by atoms with Gasteiger partial charge in [-0.05, 0) is 30.7 Å². The van der Waals surface area contributed by atoms with Crippen LogP contribution in [0.5, 0.6) is 0 Å². The Morgan fingerprint density at radius 2 is 1.67 bits per heavy atom. The van der Waals surface area contributed by atoms with Crippen LogP contribution >= 0.6 is 23.2 Å². The average Bonchev–Trinajstić information content (AvgIpc) is 3.32. The number of halogens is 2. The van der Waals surface area contributed by atoms with Crippen molar-refractivity contribution in [2.24, 2.45) is 5.10 Å². The molecule has 0 spiro atoms. The van der Waals surface area contributed by atoms with Crippen LogP contribution in [0.4, 0.5) is 0 Å². The maximum atomic E-state index is 13.7. The van der Waals surface area contributed by atoms with E-state index in [0.29, 0.717) is 22.0 Å². The summed E-state index contributed by atoms with van der Waals surface area (Å²) in [5.74, 6) is -0.647. The van der Waals surface area contributed by atoms with Gasteiger partial charge in [-0.1, -0.05) is 83.4 Å². The average molecular weight is 524 g/mol. The van der Waals surface area contributed by atoms with Gasteiger partial charge in [0.2, 0.25) is 0 Å². The fourth-order valence-electron chi connectivity index (χ4n) is 4.14. The number of amides is 2. The Morgan fingerprint density at radius 3 is 2.33 bits per heavy atom. The third-order valence-electron chi connectivity index (χ3n) is 6.10. The van der Waals surface area contributed by atoms with Gasteiger partial charge in [0.05, 0.1) is 28.9 Å². The van der Waals surface area contributed by atoms with E-state index in [0.717, 1.165) is 22.4 Å². The van der Waals surface area contributed by atoms with Crippen molar-refractivity contribution in [1.82, 2.24) is 9.91 Å². The second-order valence-electron chi connectivity index (χ2n) is 8.59. The highest BCUT2D eigenvalue weighted by molar-refractivity contribution is 6.34. The molecule has 0 fully saturated rings. The Kier molecular flexibility index (Phi) is 8.41. The van der Waals surface area contributed by atoms with E-state index in [9.17, 15) is 9.59 Å². The largest absolute Gasteiger partial charge is 0.383 e. The summed E-state index contributed by atoms with van der Waals surface area (Å²) in [5, 5.41) is 7.08. The molecule has 0 saturated heterocycles. The standard InChI is InChI=1S/C28H27Cl2N3O3/c1-19-11-13-20(14-12-19)26-17-25(21-7-3-5-9-23(21)29)31-33(26)27(34)18-32(15-16-36-2)28(35)22-8-4-6-10-24(22)30/h3-14,26H,15-18H2,1-2H3/t26-/m1/s1. The lowest BCUT2D eigenvalue weighted by molar-refractivity contribution is -0.133. The zero-order chi connectivity index (χ0) is 25.7. The van der Waals surface area contributed by atoms with E-state index in [2.05, 4.69) is 0 Å². The highest BCUT2D eigenvalue weighted by atomic mass is 35.5. The molecule has 0 N–H and O–H groups in total. The van der Waals surface area contributed by atoms with E-state index in [-0.39, 0.29) is 37.6 Å². The Bertz CT molecular complexity index is 1280. The van der Waals surface area contributed by atoms with E-state index in [1.165, 1.54) is 9.91 Å². The lowest BCUT2D eigenvalue weighted by Crippen LogP contribution is -2.42. The number of carbonyl (C=O) groups is 2. The van der Waals surface area contributed by atoms with Crippen LogP contribution in [0, 0.1) is 6.92 Å². The molecular weight excluding hydrogens is 497 g/mol. The second kappa shape index (κ2) is 11.7. The number of aryl methyl sites for hydroxylation is 1. The smallest absolute Gasteiger partial charge is 0.262 e. The summed E-state index contributed by atoms with van der Waals surface area (Å²) >= 11 is 12.7. The first-order valence-electron chi connectivity index (χ1n) is 11.6. The third kappa shape index (κ3) is 5.78. The van der Waals surface area contributed by atoms with Crippen molar-refractivity contribution in [2.45, 2.75) is 19.4 Å². The summed E-state index contributed by atoms with van der Waals surface area (Å²) in [7, 11) is 1.55. The van der Waals surface area contributed by atoms with Gasteiger partial charge < -0.3 is 9.64 Å². The van der Waals surface area contributed by atoms with Gasteiger partial charge in [-0.25, -0.2) is 5.01 Å². The molecule has 0 bridgehead atoms. The van der Waals surface area contributed by atoms with Crippen molar-refractivity contribution in [3.05, 3.63) is 105 Å². The van der Waals surface area contributed by atoms with Crippen molar-refractivity contribution in [3.63, 3.8) is 0 Å². The zero-order valence-corrected chi connectivity index (χ0v) is 21.7. The summed E-state index contributed by atoms with van der Waals surface area (Å²) in [6, 6.07) is 22.0. The predicted octanol–water partition coefficient (Wildman–Crippen LogP) is 5.77. The monoisotopic (exact) mass is 523 g/mol. The van der Waals surface area contributed by atoms with Crippen molar-refractivity contribution in [1.29, 1.82) is 0 Å². The highest BCUT2D eigenvalue weighted by Crippen LogP contribution is 2.34. The number of ether oxygens (including phenoxy) is 1. The number of benzene rings is 3. The lowest BCUT2D eigenvalue weighted by atomic mass is 9.97. The Hall–Kier alpha value is -3.19. The molecule has 0 unspecified atom stereocenters. The summed E-state index contributed by atoms with van der Waals surface area (Å²) in [5.41, 5.74) is 3.92. The molecule has 1 heterocycles. The molecule has 1 aliphatic heterocycles. The molecule has 0 aromatic heterocycles. The minimum atomic E-state index is -0.340. The van der Waals surface area contributed by atoms with Crippen LogP contribution in [0.1, 0.15) is 39.5 Å². The van der Waals surface area contributed by atoms with E-state index in [1.54, 1.807) is 37.4 Å². The number of carbonyl (C=O) groups excluding carboxylic acids is 2. The Labute approximate surface area is 221 Å². The second-order valence-corrected chi connectivity index (χ2v) is 9.41. The van der Waals surface area contributed by atoms with Crippen LogP contribution in [0.3, 0.4) is 0 Å². The number of hydrazone groups is 1. The SMILES string of the molecule is COCCN(CC(=O)N1N=C(c2ccccc2Cl)C[C@@H]1c1ccc(C)cc1)C(=O)c1ccccc1Cl. The maximum Gasteiger partial charge on any atom is 0.262 e. The zero-order valence-electron chi connectivity index (χ0n) is 20.2. The van der Waals surface area contributed by atoms with E-state index in [4.69, 9.17) is 33.0 Å². The van der Waals surface area contributed by atoms with Gasteiger partial charge in [0, 0.05) is 30.7 Å². The quantitative estimate of drug-likeness (QED) is 0.376. The number of rotatable bonds is 8. The first kappa shape index (κ1) is 25.9. The van der Waals surface area contributed by atoms with Crippen LogP contribution in [0.15, 0.2) is 77.9 Å². The van der Waals surface area contributed by atoms with Crippen LogP contribution in [-0.4, -0.2) is 54.2 Å². The van der Waals surface area contributed by atoms with Crippen molar-refractivity contribution in [2.75, 3.05) is 26.8 Å². The topological polar surface area (TPSA) is 62.2 Å². The molecule has 0 aliphatic carbocycles. The molecule has 186 valence electrons. The van der Waals surface area contributed by atoms with Crippen molar-refractivity contribution >= 4 is 40.7 Å². The van der Waals surface area contributed by atoms with Crippen molar-refractivity contribution in [3.8, 4) is 0 Å². The van der Waals surface area contributed by atoms with Gasteiger partial charge in [0.1, 0.15) is 6.54 Å². The number of nitrogens with zero attached hydrogens (tertiary/aromatic N) is 3. The third-order valence-corrected chi connectivity index (χ3v) is 6.75. The molecule has 6 nitrogen and oxygen atoms in total. The molecule has 0 saturated carbocycles. The highest BCUT2D eigenvalue weighted by Gasteiger charge is 2.35. The van der Waals surface area contributed by atoms with E-state index in [1.807, 2.05) is 49.4 Å². The molecule has 3 aromatic carbocycles. The Balaban J connectivity index is 1.65. The first-order chi connectivity index (χ1) is 17.4. The van der Waals surface area contributed by atoms with E-state index < -0.39 is 0 Å².